The second-order valence-electron chi connectivity index (χ2n) is 16.2. The first-order valence-corrected chi connectivity index (χ1v) is 18.2. The molecule has 0 aliphatic carbocycles. The molecule has 258 valence electrons. The Morgan fingerprint density at radius 2 is 0.915 bits per heavy atom. The van der Waals surface area contributed by atoms with Crippen molar-refractivity contribution in [3.8, 4) is 28.7 Å². The number of hydrogen-bond donors (Lipinski definition) is 0. The van der Waals surface area contributed by atoms with Gasteiger partial charge in [-0.05, 0) is 93.1 Å². The summed E-state index contributed by atoms with van der Waals surface area (Å²) in [5.74, 6) is 1.81. The molecule has 0 aromatic heterocycles. The SMILES string of the molecule is COc1cc(P(c2cc(C(C)(C)C)c(OC)c(C(C)(C)C)c2)c2cc(C(C)(C)C)c(OC)c(C(C)(C)C)c2)c(I)c2c1OC(F)(F)O2. The molecule has 0 saturated carbocycles. The smallest absolute Gasteiger partial charge is 0.496 e. The molecule has 0 radical (unpaired) electrons. The Labute approximate surface area is 294 Å². The van der Waals surface area contributed by atoms with Crippen molar-refractivity contribution in [3.63, 3.8) is 0 Å². The third kappa shape index (κ3) is 7.34. The highest BCUT2D eigenvalue weighted by molar-refractivity contribution is 14.1. The molecule has 0 unspecified atom stereocenters. The van der Waals surface area contributed by atoms with Gasteiger partial charge in [-0.1, -0.05) is 83.1 Å². The second kappa shape index (κ2) is 12.5. The Morgan fingerprint density at radius 1 is 0.574 bits per heavy atom. The van der Waals surface area contributed by atoms with E-state index in [1.807, 2.05) is 6.07 Å². The lowest BCUT2D eigenvalue weighted by molar-refractivity contribution is -0.287. The normalized spacial score (nSPS) is 14.9. The van der Waals surface area contributed by atoms with E-state index in [1.54, 1.807) is 14.2 Å². The molecular weight excluding hydrogens is 732 g/mol. The summed E-state index contributed by atoms with van der Waals surface area (Å²) in [5.41, 5.74) is 3.28. The van der Waals surface area contributed by atoms with E-state index in [0.29, 0.717) is 3.57 Å². The predicted molar refractivity (Wildman–Crippen MR) is 199 cm³/mol. The van der Waals surface area contributed by atoms with E-state index in [-0.39, 0.29) is 38.9 Å². The van der Waals surface area contributed by atoms with Crippen LogP contribution in [0.2, 0.25) is 0 Å². The van der Waals surface area contributed by atoms with Gasteiger partial charge in [0.25, 0.3) is 0 Å². The highest BCUT2D eigenvalue weighted by Gasteiger charge is 2.47. The molecule has 3 aromatic rings. The van der Waals surface area contributed by atoms with Gasteiger partial charge in [-0.3, -0.25) is 0 Å². The van der Waals surface area contributed by atoms with Gasteiger partial charge in [0.15, 0.2) is 11.5 Å². The van der Waals surface area contributed by atoms with Gasteiger partial charge in [-0.2, -0.15) is 0 Å². The van der Waals surface area contributed by atoms with Gasteiger partial charge in [0.2, 0.25) is 5.75 Å². The van der Waals surface area contributed by atoms with Gasteiger partial charge >= 0.3 is 6.29 Å². The number of ether oxygens (including phenoxy) is 5. The highest BCUT2D eigenvalue weighted by atomic mass is 127. The third-order valence-electron chi connectivity index (χ3n) is 8.33. The van der Waals surface area contributed by atoms with Crippen LogP contribution in [0.1, 0.15) is 105 Å². The molecule has 1 heterocycles. The molecule has 5 nitrogen and oxygen atoms in total. The summed E-state index contributed by atoms with van der Waals surface area (Å²) in [6.07, 6.45) is -3.80. The molecule has 0 amide bonds. The van der Waals surface area contributed by atoms with Crippen LogP contribution >= 0.6 is 30.5 Å². The monoisotopic (exact) mass is 782 g/mol. The Balaban J connectivity index is 2.26. The van der Waals surface area contributed by atoms with Crippen LogP contribution in [0.25, 0.3) is 0 Å². The zero-order valence-corrected chi connectivity index (χ0v) is 33.6. The molecule has 3 aromatic carbocycles. The number of fused-ring (bicyclic) bond motifs is 1. The molecule has 9 heteroatoms. The Morgan fingerprint density at radius 3 is 1.21 bits per heavy atom. The number of benzene rings is 3. The van der Waals surface area contributed by atoms with Gasteiger partial charge in [0.05, 0.1) is 24.9 Å². The third-order valence-corrected chi connectivity index (χ3v) is 12.2. The number of halogens is 3. The van der Waals surface area contributed by atoms with Crippen LogP contribution in [-0.2, 0) is 21.7 Å². The number of alkyl halides is 2. The van der Waals surface area contributed by atoms with Gasteiger partial charge in [0, 0.05) is 27.6 Å². The van der Waals surface area contributed by atoms with Crippen LogP contribution < -0.4 is 39.6 Å². The van der Waals surface area contributed by atoms with E-state index in [4.69, 9.17) is 23.7 Å². The Kier molecular flexibility index (Phi) is 10.00. The predicted octanol–water partition coefficient (Wildman–Crippen LogP) is 9.59. The van der Waals surface area contributed by atoms with Crippen LogP contribution in [0, 0.1) is 3.57 Å². The van der Waals surface area contributed by atoms with Gasteiger partial charge in [-0.15, -0.1) is 8.78 Å². The number of methoxy groups -OCH3 is 3. The van der Waals surface area contributed by atoms with Crippen molar-refractivity contribution in [2.75, 3.05) is 21.3 Å². The van der Waals surface area contributed by atoms with E-state index in [2.05, 4.69) is 130 Å². The fraction of sp³-hybridized carbons (Fsp3) is 0.526. The van der Waals surface area contributed by atoms with Crippen molar-refractivity contribution < 1.29 is 32.5 Å². The molecule has 1 aliphatic rings. The topological polar surface area (TPSA) is 46.2 Å². The van der Waals surface area contributed by atoms with E-state index in [9.17, 15) is 8.78 Å². The molecule has 0 fully saturated rings. The molecule has 0 spiro atoms. The van der Waals surface area contributed by atoms with Gasteiger partial charge < -0.3 is 23.7 Å². The molecule has 0 bridgehead atoms. The molecular formula is C38H50F2IO5P. The fourth-order valence-electron chi connectivity index (χ4n) is 5.92. The van der Waals surface area contributed by atoms with Crippen LogP contribution in [-0.4, -0.2) is 27.6 Å². The fourth-order valence-corrected chi connectivity index (χ4v) is 9.59. The summed E-state index contributed by atoms with van der Waals surface area (Å²) >= 11 is 2.13. The second-order valence-corrected chi connectivity index (χ2v) is 19.5. The number of rotatable bonds is 6. The maximum absolute atomic E-state index is 14.6. The summed E-state index contributed by atoms with van der Waals surface area (Å²) in [7, 11) is 3.51. The van der Waals surface area contributed by atoms with Crippen LogP contribution in [0.15, 0.2) is 30.3 Å². The van der Waals surface area contributed by atoms with Crippen LogP contribution in [0.5, 0.6) is 28.7 Å². The zero-order chi connectivity index (χ0) is 35.7. The summed E-state index contributed by atoms with van der Waals surface area (Å²) in [5, 5.41) is 2.95. The molecule has 0 N–H and O–H groups in total. The highest BCUT2D eigenvalue weighted by Crippen LogP contribution is 2.53. The van der Waals surface area contributed by atoms with Crippen LogP contribution in [0.4, 0.5) is 8.78 Å². The lowest BCUT2D eigenvalue weighted by atomic mass is 9.79. The first kappa shape index (κ1) is 37.5. The van der Waals surface area contributed by atoms with E-state index in [1.165, 1.54) is 7.11 Å². The minimum absolute atomic E-state index is 0.0151. The van der Waals surface area contributed by atoms with Crippen molar-refractivity contribution in [1.82, 2.24) is 0 Å². The molecule has 0 atom stereocenters. The van der Waals surface area contributed by atoms with Gasteiger partial charge in [0.1, 0.15) is 11.5 Å². The lowest BCUT2D eigenvalue weighted by Crippen LogP contribution is -2.30. The zero-order valence-electron chi connectivity index (χ0n) is 30.5. The molecule has 47 heavy (non-hydrogen) atoms. The van der Waals surface area contributed by atoms with Crippen molar-refractivity contribution in [2.45, 2.75) is 111 Å². The Hall–Kier alpha value is -2.32. The summed E-state index contributed by atoms with van der Waals surface area (Å²) in [6, 6.07) is 10.8. The van der Waals surface area contributed by atoms with Crippen molar-refractivity contribution >= 4 is 46.4 Å². The standard InChI is InChI=1S/C38H50F2IO5P/c1-34(2,3)23-16-21(17-24(30(23)43-14)35(4,5)6)47(28-20-27(42-13)32-33(29(28)41)46-38(39,40)45-32)22-18-25(36(7,8)9)31(44-15)26(19-22)37(10,11)12/h16-20H,1-15H3. The summed E-state index contributed by atoms with van der Waals surface area (Å²) < 4.78 is 57.8. The minimum Gasteiger partial charge on any atom is -0.496 e. The number of hydrogen-bond acceptors (Lipinski definition) is 5. The van der Waals surface area contributed by atoms with Crippen molar-refractivity contribution in [3.05, 3.63) is 56.2 Å². The first-order chi connectivity index (χ1) is 21.4. The van der Waals surface area contributed by atoms with E-state index in [0.717, 1.165) is 49.7 Å². The largest absolute Gasteiger partial charge is 0.586 e. The average Bonchev–Trinajstić information content (AvgIpc) is 3.27. The van der Waals surface area contributed by atoms with Crippen LogP contribution in [0.3, 0.4) is 0 Å². The van der Waals surface area contributed by atoms with Gasteiger partial charge in [-0.25, -0.2) is 0 Å². The molecule has 4 rings (SSSR count). The average molecular weight is 783 g/mol. The quantitative estimate of drug-likeness (QED) is 0.184. The molecule has 1 aliphatic heterocycles. The summed E-state index contributed by atoms with van der Waals surface area (Å²) in [4.78, 5) is 0. The first-order valence-electron chi connectivity index (χ1n) is 15.8. The summed E-state index contributed by atoms with van der Waals surface area (Å²) in [6.45, 7) is 26.2. The minimum atomic E-state index is -3.80. The van der Waals surface area contributed by atoms with E-state index >= 15 is 0 Å². The maximum Gasteiger partial charge on any atom is 0.586 e. The van der Waals surface area contributed by atoms with Crippen molar-refractivity contribution in [2.24, 2.45) is 0 Å². The Bertz CT molecular complexity index is 1520. The maximum atomic E-state index is 14.6. The van der Waals surface area contributed by atoms with E-state index < -0.39 is 14.2 Å². The lowest BCUT2D eigenvalue weighted by Gasteiger charge is -2.34. The van der Waals surface area contributed by atoms with Crippen molar-refractivity contribution in [1.29, 1.82) is 0 Å². The molecule has 0 saturated heterocycles.